The maximum atomic E-state index is 10.9. The van der Waals surface area contributed by atoms with Gasteiger partial charge in [0.15, 0.2) is 0 Å². The molecular formula is C12H20N2O2. The van der Waals surface area contributed by atoms with Crippen LogP contribution < -0.4 is 5.32 Å². The topological polar surface area (TPSA) is 52.6 Å². The van der Waals surface area contributed by atoms with Crippen LogP contribution in [-0.4, -0.2) is 48.7 Å². The van der Waals surface area contributed by atoms with Gasteiger partial charge in [-0.15, -0.1) is 0 Å². The number of rotatable bonds is 2. The second-order valence-electron chi connectivity index (χ2n) is 4.87. The van der Waals surface area contributed by atoms with E-state index in [9.17, 15) is 4.79 Å². The lowest BCUT2D eigenvalue weighted by Crippen LogP contribution is -2.44. The Bertz CT molecular complexity index is 293. The molecule has 16 heavy (non-hydrogen) atoms. The molecule has 2 rings (SSSR count). The Kier molecular flexibility index (Phi) is 3.61. The minimum absolute atomic E-state index is 0.272. The van der Waals surface area contributed by atoms with E-state index in [1.165, 1.54) is 0 Å². The van der Waals surface area contributed by atoms with Gasteiger partial charge in [-0.05, 0) is 51.9 Å². The van der Waals surface area contributed by atoms with E-state index >= 15 is 0 Å². The number of carboxylic acid groups (broad SMARTS) is 1. The average molecular weight is 224 g/mol. The van der Waals surface area contributed by atoms with Crippen molar-refractivity contribution in [2.75, 3.05) is 26.7 Å². The summed E-state index contributed by atoms with van der Waals surface area (Å²) >= 11 is 0. The molecule has 0 aromatic rings. The van der Waals surface area contributed by atoms with E-state index in [-0.39, 0.29) is 6.04 Å². The molecule has 0 aromatic heterocycles. The number of hydrogen-bond donors (Lipinski definition) is 2. The van der Waals surface area contributed by atoms with Gasteiger partial charge in [-0.2, -0.15) is 0 Å². The van der Waals surface area contributed by atoms with Crippen molar-refractivity contribution >= 4 is 5.97 Å². The fourth-order valence-electron chi connectivity index (χ4n) is 2.60. The molecule has 1 saturated heterocycles. The highest BCUT2D eigenvalue weighted by molar-refractivity contribution is 5.86. The Balaban J connectivity index is 1.99. The van der Waals surface area contributed by atoms with Gasteiger partial charge in [0.05, 0.1) is 0 Å². The van der Waals surface area contributed by atoms with Crippen molar-refractivity contribution in [2.24, 2.45) is 5.92 Å². The lowest BCUT2D eigenvalue weighted by atomic mass is 9.86. The highest BCUT2D eigenvalue weighted by atomic mass is 16.4. The number of likely N-dealkylation sites (tertiary alicyclic amines) is 1. The summed E-state index contributed by atoms with van der Waals surface area (Å²) in [5.41, 5.74) is 0.586. The molecule has 4 nitrogen and oxygen atoms in total. The van der Waals surface area contributed by atoms with E-state index < -0.39 is 5.97 Å². The van der Waals surface area contributed by atoms with Gasteiger partial charge in [0.2, 0.25) is 0 Å². The SMILES string of the molecule is CN1CCC(C2C=C(C(=O)O)CCN2)CC1. The maximum absolute atomic E-state index is 10.9. The first-order chi connectivity index (χ1) is 7.66. The Morgan fingerprint density at radius 2 is 2.19 bits per heavy atom. The standard InChI is InChI=1S/C12H20N2O2/c1-14-6-3-9(4-7-14)11-8-10(12(15)16)2-5-13-11/h8-9,11,13H,2-7H2,1H3,(H,15,16). The smallest absolute Gasteiger partial charge is 0.331 e. The van der Waals surface area contributed by atoms with Crippen LogP contribution in [0.4, 0.5) is 0 Å². The Labute approximate surface area is 96.3 Å². The van der Waals surface area contributed by atoms with Crippen LogP contribution >= 0.6 is 0 Å². The predicted octanol–water partition coefficient (Wildman–Crippen LogP) is 0.701. The van der Waals surface area contributed by atoms with Crippen LogP contribution in [0.2, 0.25) is 0 Å². The van der Waals surface area contributed by atoms with Gasteiger partial charge in [-0.1, -0.05) is 6.08 Å². The molecule has 0 aliphatic carbocycles. The van der Waals surface area contributed by atoms with Crippen molar-refractivity contribution in [3.63, 3.8) is 0 Å². The first-order valence-electron chi connectivity index (χ1n) is 6.03. The van der Waals surface area contributed by atoms with E-state index in [2.05, 4.69) is 17.3 Å². The van der Waals surface area contributed by atoms with Crippen molar-refractivity contribution in [2.45, 2.75) is 25.3 Å². The molecule has 2 N–H and O–H groups in total. The van der Waals surface area contributed by atoms with Crippen LogP contribution in [0.3, 0.4) is 0 Å². The van der Waals surface area contributed by atoms with Crippen LogP contribution in [0, 0.1) is 5.92 Å². The third kappa shape index (κ3) is 2.62. The molecule has 0 bridgehead atoms. The maximum Gasteiger partial charge on any atom is 0.331 e. The fraction of sp³-hybridized carbons (Fsp3) is 0.750. The molecule has 90 valence electrons. The molecular weight excluding hydrogens is 204 g/mol. The number of aliphatic carboxylic acids is 1. The van der Waals surface area contributed by atoms with Gasteiger partial charge in [-0.3, -0.25) is 0 Å². The van der Waals surface area contributed by atoms with Crippen molar-refractivity contribution in [1.29, 1.82) is 0 Å². The minimum atomic E-state index is -0.751. The van der Waals surface area contributed by atoms with Crippen LogP contribution in [0.25, 0.3) is 0 Å². The van der Waals surface area contributed by atoms with Crippen molar-refractivity contribution in [3.05, 3.63) is 11.6 Å². The van der Waals surface area contributed by atoms with Gasteiger partial charge in [0.1, 0.15) is 0 Å². The molecule has 2 aliphatic rings. The average Bonchev–Trinajstić information content (AvgIpc) is 2.30. The van der Waals surface area contributed by atoms with E-state index in [1.54, 1.807) is 0 Å². The molecule has 0 spiro atoms. The monoisotopic (exact) mass is 224 g/mol. The van der Waals surface area contributed by atoms with E-state index in [0.29, 0.717) is 17.9 Å². The molecule has 1 fully saturated rings. The van der Waals surface area contributed by atoms with Crippen LogP contribution in [-0.2, 0) is 4.79 Å². The number of piperidine rings is 1. The van der Waals surface area contributed by atoms with Gasteiger partial charge in [-0.25, -0.2) is 4.79 Å². The van der Waals surface area contributed by atoms with E-state index in [0.717, 1.165) is 32.5 Å². The molecule has 1 atom stereocenters. The van der Waals surface area contributed by atoms with Crippen LogP contribution in [0.5, 0.6) is 0 Å². The molecule has 2 aliphatic heterocycles. The van der Waals surface area contributed by atoms with Crippen LogP contribution in [0.15, 0.2) is 11.6 Å². The third-order valence-electron chi connectivity index (χ3n) is 3.70. The molecule has 0 radical (unpaired) electrons. The lowest BCUT2D eigenvalue weighted by Gasteiger charge is -2.35. The molecule has 4 heteroatoms. The first-order valence-corrected chi connectivity index (χ1v) is 6.03. The largest absolute Gasteiger partial charge is 0.478 e. The Hall–Kier alpha value is -0.870. The minimum Gasteiger partial charge on any atom is -0.478 e. The second-order valence-corrected chi connectivity index (χ2v) is 4.87. The van der Waals surface area contributed by atoms with Crippen molar-refractivity contribution < 1.29 is 9.90 Å². The van der Waals surface area contributed by atoms with Crippen molar-refractivity contribution in [3.8, 4) is 0 Å². The molecule has 2 heterocycles. The quantitative estimate of drug-likeness (QED) is 0.725. The van der Waals surface area contributed by atoms with E-state index in [1.807, 2.05) is 6.08 Å². The zero-order valence-corrected chi connectivity index (χ0v) is 9.78. The summed E-state index contributed by atoms with van der Waals surface area (Å²) < 4.78 is 0. The molecule has 0 amide bonds. The summed E-state index contributed by atoms with van der Waals surface area (Å²) in [4.78, 5) is 13.3. The molecule has 0 aromatic carbocycles. The van der Waals surface area contributed by atoms with Crippen molar-refractivity contribution in [1.82, 2.24) is 10.2 Å². The zero-order chi connectivity index (χ0) is 11.5. The lowest BCUT2D eigenvalue weighted by molar-refractivity contribution is -0.132. The van der Waals surface area contributed by atoms with Gasteiger partial charge < -0.3 is 15.3 Å². The summed E-state index contributed by atoms with van der Waals surface area (Å²) in [5.74, 6) is -0.148. The summed E-state index contributed by atoms with van der Waals surface area (Å²) in [6.07, 6.45) is 4.91. The summed E-state index contributed by atoms with van der Waals surface area (Å²) in [6, 6.07) is 0.272. The first kappa shape index (κ1) is 11.6. The molecule has 1 unspecified atom stereocenters. The van der Waals surface area contributed by atoms with E-state index in [4.69, 9.17) is 5.11 Å². The zero-order valence-electron chi connectivity index (χ0n) is 9.78. The summed E-state index contributed by atoms with van der Waals surface area (Å²) in [5, 5.41) is 12.4. The predicted molar refractivity (Wildman–Crippen MR) is 62.3 cm³/mol. The Morgan fingerprint density at radius 3 is 2.81 bits per heavy atom. The normalized spacial score (nSPS) is 28.8. The third-order valence-corrected chi connectivity index (χ3v) is 3.70. The fourth-order valence-corrected chi connectivity index (χ4v) is 2.60. The van der Waals surface area contributed by atoms with Gasteiger partial charge in [0, 0.05) is 11.6 Å². The summed E-state index contributed by atoms with van der Waals surface area (Å²) in [7, 11) is 2.14. The second kappa shape index (κ2) is 4.97. The van der Waals surface area contributed by atoms with Gasteiger partial charge in [0.25, 0.3) is 0 Å². The molecule has 0 saturated carbocycles. The number of hydrogen-bond acceptors (Lipinski definition) is 3. The number of nitrogens with one attached hydrogen (secondary N) is 1. The highest BCUT2D eigenvalue weighted by Gasteiger charge is 2.27. The summed E-state index contributed by atoms with van der Waals surface area (Å²) in [6.45, 7) is 3.05. The van der Waals surface area contributed by atoms with Crippen LogP contribution in [0.1, 0.15) is 19.3 Å². The van der Waals surface area contributed by atoms with Gasteiger partial charge >= 0.3 is 5.97 Å². The number of carboxylic acids is 1. The Morgan fingerprint density at radius 1 is 1.50 bits per heavy atom. The number of carbonyl (C=O) groups is 1. The highest BCUT2D eigenvalue weighted by Crippen LogP contribution is 2.23. The number of nitrogens with zero attached hydrogens (tertiary/aromatic N) is 1.